The number of halogens is 2. The zero-order valence-corrected chi connectivity index (χ0v) is 12.2. The third kappa shape index (κ3) is 4.31. The Morgan fingerprint density at radius 1 is 1.43 bits per heavy atom. The van der Waals surface area contributed by atoms with Crippen molar-refractivity contribution in [2.24, 2.45) is 0 Å². The van der Waals surface area contributed by atoms with E-state index in [-0.39, 0.29) is 17.8 Å². The van der Waals surface area contributed by atoms with Crippen LogP contribution in [0.5, 0.6) is 0 Å². The predicted octanol–water partition coefficient (Wildman–Crippen LogP) is 3.05. The smallest absolute Gasteiger partial charge is 0.267 e. The quantitative estimate of drug-likeness (QED) is 0.794. The Labute approximate surface area is 126 Å². The van der Waals surface area contributed by atoms with E-state index in [9.17, 15) is 14.3 Å². The molecule has 1 amide bonds. The molecular weight excluding hydrogens is 295 g/mol. The summed E-state index contributed by atoms with van der Waals surface area (Å²) in [5, 5.41) is 13.3. The van der Waals surface area contributed by atoms with Gasteiger partial charge in [0.05, 0.1) is 11.1 Å². The molecule has 1 heterocycles. The molecule has 0 bridgehead atoms. The number of rotatable bonds is 5. The van der Waals surface area contributed by atoms with Gasteiger partial charge in [-0.3, -0.25) is 4.79 Å². The number of nitrogens with one attached hydrogen (secondary N) is 2. The lowest BCUT2D eigenvalue weighted by molar-refractivity contribution is 0.0912. The summed E-state index contributed by atoms with van der Waals surface area (Å²) in [7, 11) is 0. The minimum absolute atomic E-state index is 0.250. The van der Waals surface area contributed by atoms with Crippen LogP contribution in [-0.2, 0) is 0 Å². The second kappa shape index (κ2) is 6.74. The van der Waals surface area contributed by atoms with Crippen molar-refractivity contribution in [3.8, 4) is 0 Å². The highest BCUT2D eigenvalue weighted by molar-refractivity contribution is 6.30. The number of hydrogen-bond donors (Lipinski definition) is 3. The number of hydrogen-bond acceptors (Lipinski definition) is 2. The average Bonchev–Trinajstić information content (AvgIpc) is 2.86. The van der Waals surface area contributed by atoms with E-state index in [1.54, 1.807) is 6.92 Å². The van der Waals surface area contributed by atoms with E-state index in [2.05, 4.69) is 10.3 Å². The highest BCUT2D eigenvalue weighted by Gasteiger charge is 2.16. The monoisotopic (exact) mass is 310 g/mol. The van der Waals surface area contributed by atoms with Gasteiger partial charge in [0.15, 0.2) is 0 Å². The number of aromatic amines is 1. The van der Waals surface area contributed by atoms with Crippen molar-refractivity contribution in [3.63, 3.8) is 0 Å². The van der Waals surface area contributed by atoms with E-state index in [0.29, 0.717) is 22.7 Å². The number of aliphatic hydroxyl groups excluding tert-OH is 1. The summed E-state index contributed by atoms with van der Waals surface area (Å²) in [5.41, 5.74) is 0.975. The summed E-state index contributed by atoms with van der Waals surface area (Å²) in [6.45, 7) is 1.79. The van der Waals surface area contributed by atoms with Crippen molar-refractivity contribution >= 4 is 17.5 Å². The van der Waals surface area contributed by atoms with Crippen molar-refractivity contribution in [2.75, 3.05) is 0 Å². The number of carbonyl (C=O) groups excluding carboxylic acids is 1. The molecule has 2 rings (SSSR count). The Bertz CT molecular complexity index is 612. The molecule has 6 heteroatoms. The van der Waals surface area contributed by atoms with Gasteiger partial charge < -0.3 is 15.4 Å². The molecule has 2 unspecified atom stereocenters. The average molecular weight is 311 g/mol. The SMILES string of the molecule is CC(CC(O)c1ccc(F)cc1)NC(=O)c1cc(Cl)c[nH]1. The summed E-state index contributed by atoms with van der Waals surface area (Å²) in [4.78, 5) is 14.7. The lowest BCUT2D eigenvalue weighted by Gasteiger charge is -2.18. The zero-order chi connectivity index (χ0) is 15.4. The van der Waals surface area contributed by atoms with Crippen LogP contribution >= 0.6 is 11.6 Å². The number of aliphatic hydroxyl groups is 1. The summed E-state index contributed by atoms with van der Waals surface area (Å²) >= 11 is 5.74. The standard InChI is InChI=1S/C15H16ClFN2O2/c1-9(19-15(21)13-7-11(16)8-18-13)6-14(20)10-2-4-12(17)5-3-10/h2-5,7-9,14,18,20H,6H2,1H3,(H,19,21). The fourth-order valence-electron chi connectivity index (χ4n) is 2.02. The molecule has 0 fully saturated rings. The normalized spacial score (nSPS) is 13.7. The third-order valence-electron chi connectivity index (χ3n) is 3.10. The van der Waals surface area contributed by atoms with Crippen molar-refractivity contribution in [1.29, 1.82) is 0 Å². The molecule has 0 aliphatic carbocycles. The van der Waals surface area contributed by atoms with Crippen LogP contribution in [0, 0.1) is 5.82 Å². The van der Waals surface area contributed by atoms with Gasteiger partial charge in [-0.05, 0) is 37.1 Å². The lowest BCUT2D eigenvalue weighted by Crippen LogP contribution is -2.33. The molecule has 4 nitrogen and oxygen atoms in total. The molecule has 2 atom stereocenters. The second-order valence-corrected chi connectivity index (χ2v) is 5.35. The molecule has 0 aliphatic rings. The van der Waals surface area contributed by atoms with Gasteiger partial charge in [0.25, 0.3) is 5.91 Å². The molecule has 0 saturated carbocycles. The Hall–Kier alpha value is -1.85. The lowest BCUT2D eigenvalue weighted by atomic mass is 10.0. The molecule has 0 aliphatic heterocycles. The topological polar surface area (TPSA) is 65.1 Å². The number of aromatic nitrogens is 1. The predicted molar refractivity (Wildman–Crippen MR) is 78.7 cm³/mol. The van der Waals surface area contributed by atoms with E-state index >= 15 is 0 Å². The minimum atomic E-state index is -0.770. The number of carbonyl (C=O) groups is 1. The zero-order valence-electron chi connectivity index (χ0n) is 11.4. The van der Waals surface area contributed by atoms with Crippen molar-refractivity contribution in [2.45, 2.75) is 25.5 Å². The van der Waals surface area contributed by atoms with E-state index in [1.165, 1.54) is 36.5 Å². The van der Waals surface area contributed by atoms with Gasteiger partial charge in [-0.2, -0.15) is 0 Å². The summed E-state index contributed by atoms with van der Waals surface area (Å²) < 4.78 is 12.8. The van der Waals surface area contributed by atoms with E-state index in [1.807, 2.05) is 0 Å². The fourth-order valence-corrected chi connectivity index (χ4v) is 2.18. The molecule has 3 N–H and O–H groups in total. The fraction of sp³-hybridized carbons (Fsp3) is 0.267. The van der Waals surface area contributed by atoms with Crippen LogP contribution in [0.15, 0.2) is 36.5 Å². The number of amides is 1. The molecule has 112 valence electrons. The molecule has 0 saturated heterocycles. The Kier molecular flexibility index (Phi) is 4.98. The summed E-state index contributed by atoms with van der Waals surface area (Å²) in [6, 6.07) is 6.92. The highest BCUT2D eigenvalue weighted by Crippen LogP contribution is 2.19. The first-order valence-electron chi connectivity index (χ1n) is 6.54. The van der Waals surface area contributed by atoms with Gasteiger partial charge in [-0.1, -0.05) is 23.7 Å². The van der Waals surface area contributed by atoms with Crippen LogP contribution in [0.1, 0.15) is 35.5 Å². The maximum atomic E-state index is 12.8. The summed E-state index contributed by atoms with van der Waals surface area (Å²) in [6.07, 6.45) is 1.08. The van der Waals surface area contributed by atoms with Crippen LogP contribution in [0.2, 0.25) is 5.02 Å². The highest BCUT2D eigenvalue weighted by atomic mass is 35.5. The molecule has 1 aromatic heterocycles. The van der Waals surface area contributed by atoms with Crippen LogP contribution in [0.4, 0.5) is 4.39 Å². The van der Waals surface area contributed by atoms with Crippen molar-refractivity contribution < 1.29 is 14.3 Å². The van der Waals surface area contributed by atoms with Crippen molar-refractivity contribution in [3.05, 3.63) is 58.6 Å². The molecular formula is C15H16ClFN2O2. The van der Waals surface area contributed by atoms with Crippen molar-refractivity contribution in [1.82, 2.24) is 10.3 Å². The Morgan fingerprint density at radius 2 is 2.10 bits per heavy atom. The van der Waals surface area contributed by atoms with E-state index in [4.69, 9.17) is 11.6 Å². The van der Waals surface area contributed by atoms with Gasteiger partial charge in [-0.25, -0.2) is 4.39 Å². The van der Waals surface area contributed by atoms with Gasteiger partial charge in [0.1, 0.15) is 11.5 Å². The number of benzene rings is 1. The Balaban J connectivity index is 1.90. The molecule has 21 heavy (non-hydrogen) atoms. The first kappa shape index (κ1) is 15.5. The number of H-pyrrole nitrogens is 1. The maximum absolute atomic E-state index is 12.8. The molecule has 1 aromatic carbocycles. The van der Waals surface area contributed by atoms with Gasteiger partial charge in [0.2, 0.25) is 0 Å². The van der Waals surface area contributed by atoms with Gasteiger partial charge in [0, 0.05) is 12.2 Å². The molecule has 2 aromatic rings. The van der Waals surface area contributed by atoms with Gasteiger partial charge >= 0.3 is 0 Å². The molecule has 0 radical (unpaired) electrons. The van der Waals surface area contributed by atoms with E-state index in [0.717, 1.165) is 0 Å². The van der Waals surface area contributed by atoms with E-state index < -0.39 is 6.10 Å². The maximum Gasteiger partial charge on any atom is 0.267 e. The largest absolute Gasteiger partial charge is 0.388 e. The van der Waals surface area contributed by atoms with Crippen LogP contribution in [0.3, 0.4) is 0 Å². The Morgan fingerprint density at radius 3 is 2.67 bits per heavy atom. The van der Waals surface area contributed by atoms with Gasteiger partial charge in [-0.15, -0.1) is 0 Å². The third-order valence-corrected chi connectivity index (χ3v) is 3.32. The first-order valence-corrected chi connectivity index (χ1v) is 6.92. The molecule has 0 spiro atoms. The minimum Gasteiger partial charge on any atom is -0.388 e. The summed E-state index contributed by atoms with van der Waals surface area (Å²) in [5.74, 6) is -0.642. The first-order chi connectivity index (χ1) is 9.95. The van der Waals surface area contributed by atoms with Crippen LogP contribution in [-0.4, -0.2) is 22.0 Å². The van der Waals surface area contributed by atoms with Crippen LogP contribution in [0.25, 0.3) is 0 Å². The van der Waals surface area contributed by atoms with Crippen LogP contribution < -0.4 is 5.32 Å². The second-order valence-electron chi connectivity index (χ2n) is 4.91.